The average molecular weight is 291 g/mol. The van der Waals surface area contributed by atoms with Crippen LogP contribution in [0.25, 0.3) is 0 Å². The molecule has 0 amide bonds. The number of para-hydroxylation sites is 1. The van der Waals surface area contributed by atoms with Crippen LogP contribution in [0.3, 0.4) is 0 Å². The van der Waals surface area contributed by atoms with Gasteiger partial charge in [-0.25, -0.2) is 4.79 Å². The van der Waals surface area contributed by atoms with Crippen molar-refractivity contribution >= 4 is 11.7 Å². The Balaban J connectivity index is 0.000000211. The Morgan fingerprint density at radius 2 is 1.95 bits per heavy atom. The highest BCUT2D eigenvalue weighted by Crippen LogP contribution is 2.31. The van der Waals surface area contributed by atoms with Crippen molar-refractivity contribution in [2.24, 2.45) is 5.92 Å². The molecule has 0 bridgehead atoms. The highest BCUT2D eigenvalue weighted by molar-refractivity contribution is 5.93. The van der Waals surface area contributed by atoms with Crippen LogP contribution in [0.4, 0.5) is 5.69 Å². The molecule has 1 aliphatic carbocycles. The first-order chi connectivity index (χ1) is 9.71. The summed E-state index contributed by atoms with van der Waals surface area (Å²) in [6.07, 6.45) is 5.61. The Labute approximate surface area is 126 Å². The second-order valence-electron chi connectivity index (χ2n) is 6.07. The van der Waals surface area contributed by atoms with E-state index >= 15 is 0 Å². The van der Waals surface area contributed by atoms with Crippen LogP contribution in [0.5, 0.6) is 0 Å². The monoisotopic (exact) mass is 291 g/mol. The molecule has 0 heterocycles. The van der Waals surface area contributed by atoms with Gasteiger partial charge in [0.2, 0.25) is 0 Å². The molecule has 4 nitrogen and oxygen atoms in total. The van der Waals surface area contributed by atoms with Crippen molar-refractivity contribution in [3.05, 3.63) is 41.5 Å². The second-order valence-corrected chi connectivity index (χ2v) is 6.07. The lowest BCUT2D eigenvalue weighted by Crippen LogP contribution is -2.31. The molecule has 2 rings (SSSR count). The van der Waals surface area contributed by atoms with Crippen molar-refractivity contribution in [3.63, 3.8) is 0 Å². The number of anilines is 1. The van der Waals surface area contributed by atoms with Gasteiger partial charge in [-0.2, -0.15) is 0 Å². The summed E-state index contributed by atoms with van der Waals surface area (Å²) >= 11 is 0. The zero-order valence-electron chi connectivity index (χ0n) is 13.0. The molecule has 4 heteroatoms. The number of allylic oxidation sites excluding steroid dienone is 2. The summed E-state index contributed by atoms with van der Waals surface area (Å²) in [6, 6.07) is 6.36. The first kappa shape index (κ1) is 17.2. The van der Waals surface area contributed by atoms with Crippen LogP contribution >= 0.6 is 0 Å². The van der Waals surface area contributed by atoms with Crippen molar-refractivity contribution in [2.45, 2.75) is 45.6 Å². The maximum Gasteiger partial charge on any atom is 0.337 e. The van der Waals surface area contributed by atoms with Crippen LogP contribution in [0.1, 0.15) is 50.4 Å². The highest BCUT2D eigenvalue weighted by Gasteiger charge is 2.27. The molecular weight excluding hydrogens is 266 g/mol. The third kappa shape index (κ3) is 5.60. The van der Waals surface area contributed by atoms with Crippen LogP contribution in [-0.2, 0) is 0 Å². The van der Waals surface area contributed by atoms with Gasteiger partial charge in [-0.15, -0.1) is 0 Å². The highest BCUT2D eigenvalue weighted by atomic mass is 16.4. The van der Waals surface area contributed by atoms with Crippen LogP contribution in [0.15, 0.2) is 35.9 Å². The van der Waals surface area contributed by atoms with Crippen molar-refractivity contribution < 1.29 is 15.0 Å². The summed E-state index contributed by atoms with van der Waals surface area (Å²) in [5.41, 5.74) is 6.79. The summed E-state index contributed by atoms with van der Waals surface area (Å²) in [7, 11) is 0. The van der Waals surface area contributed by atoms with Crippen LogP contribution in [0, 0.1) is 5.92 Å². The summed E-state index contributed by atoms with van der Waals surface area (Å²) in [6.45, 7) is 5.99. The Kier molecular flexibility index (Phi) is 5.97. The van der Waals surface area contributed by atoms with E-state index in [-0.39, 0.29) is 5.56 Å². The Morgan fingerprint density at radius 3 is 2.33 bits per heavy atom. The second kappa shape index (κ2) is 7.27. The molecule has 1 aromatic carbocycles. The van der Waals surface area contributed by atoms with Gasteiger partial charge in [0.1, 0.15) is 0 Å². The number of aliphatic hydroxyl groups is 1. The third-order valence-corrected chi connectivity index (χ3v) is 3.83. The lowest BCUT2D eigenvalue weighted by Gasteiger charge is -2.31. The summed E-state index contributed by atoms with van der Waals surface area (Å²) < 4.78 is 0. The van der Waals surface area contributed by atoms with Gasteiger partial charge in [-0.3, -0.25) is 0 Å². The van der Waals surface area contributed by atoms with Gasteiger partial charge in [0.15, 0.2) is 0 Å². The van der Waals surface area contributed by atoms with E-state index in [4.69, 9.17) is 10.8 Å². The largest absolute Gasteiger partial charge is 0.478 e. The zero-order chi connectivity index (χ0) is 16.0. The molecule has 0 fully saturated rings. The molecule has 4 N–H and O–H groups in total. The van der Waals surface area contributed by atoms with Gasteiger partial charge in [-0.1, -0.05) is 23.8 Å². The molecule has 1 unspecified atom stereocenters. The number of carbonyl (C=O) groups is 1. The number of hydrogen-bond acceptors (Lipinski definition) is 3. The summed E-state index contributed by atoms with van der Waals surface area (Å²) in [5, 5.41) is 18.2. The maximum absolute atomic E-state index is 10.3. The molecular formula is C17H25NO3. The van der Waals surface area contributed by atoms with Crippen molar-refractivity contribution in [1.29, 1.82) is 0 Å². The molecule has 0 radical (unpaired) electrons. The van der Waals surface area contributed by atoms with E-state index in [0.717, 1.165) is 19.3 Å². The zero-order valence-corrected chi connectivity index (χ0v) is 13.0. The van der Waals surface area contributed by atoms with Crippen molar-refractivity contribution in [3.8, 4) is 0 Å². The minimum atomic E-state index is -0.988. The van der Waals surface area contributed by atoms with Gasteiger partial charge in [0, 0.05) is 5.69 Å². The van der Waals surface area contributed by atoms with Gasteiger partial charge >= 0.3 is 5.97 Å². The van der Waals surface area contributed by atoms with E-state index in [1.165, 1.54) is 11.6 Å². The Bertz CT molecular complexity index is 515. The molecule has 116 valence electrons. The fourth-order valence-electron chi connectivity index (χ4n) is 2.30. The molecule has 0 saturated carbocycles. The summed E-state index contributed by atoms with van der Waals surface area (Å²) in [4.78, 5) is 10.3. The van der Waals surface area contributed by atoms with E-state index in [9.17, 15) is 9.90 Å². The van der Waals surface area contributed by atoms with Gasteiger partial charge in [0.25, 0.3) is 0 Å². The predicted molar refractivity (Wildman–Crippen MR) is 85.2 cm³/mol. The summed E-state index contributed by atoms with van der Waals surface area (Å²) in [5.74, 6) is -0.524. The Hall–Kier alpha value is -1.81. The minimum absolute atomic E-state index is 0.155. The maximum atomic E-state index is 10.3. The minimum Gasteiger partial charge on any atom is -0.478 e. The van der Waals surface area contributed by atoms with Crippen LogP contribution in [-0.4, -0.2) is 21.8 Å². The number of nitrogens with two attached hydrogens (primary N) is 1. The standard InChI is InChI=1S/C10H18O.C7H7NO2/c1-8-4-6-9(7-5-8)10(2,3)11;8-6-4-2-1-3-5(6)7(9)10/h4,9,11H,5-7H2,1-3H3;1-4H,8H2,(H,9,10). The van der Waals surface area contributed by atoms with Gasteiger partial charge in [0.05, 0.1) is 11.2 Å². The third-order valence-electron chi connectivity index (χ3n) is 3.83. The molecule has 1 aliphatic rings. The number of carboxylic acid groups (broad SMARTS) is 1. The lowest BCUT2D eigenvalue weighted by atomic mass is 9.80. The molecule has 0 aromatic heterocycles. The molecule has 0 aliphatic heterocycles. The number of nitrogen functional groups attached to an aromatic ring is 1. The molecule has 0 spiro atoms. The predicted octanol–water partition coefficient (Wildman–Crippen LogP) is 3.47. The van der Waals surface area contributed by atoms with E-state index in [2.05, 4.69) is 13.0 Å². The van der Waals surface area contributed by atoms with E-state index < -0.39 is 11.6 Å². The normalized spacial score (nSPS) is 18.3. The SMILES string of the molecule is CC1=CCC(C(C)(C)O)CC1.Nc1ccccc1C(=O)O. The van der Waals surface area contributed by atoms with Crippen molar-refractivity contribution in [1.82, 2.24) is 0 Å². The van der Waals surface area contributed by atoms with Crippen LogP contribution < -0.4 is 5.73 Å². The first-order valence-electron chi connectivity index (χ1n) is 7.17. The van der Waals surface area contributed by atoms with E-state index in [1.54, 1.807) is 18.2 Å². The number of hydrogen-bond donors (Lipinski definition) is 3. The van der Waals surface area contributed by atoms with Gasteiger partial charge < -0.3 is 15.9 Å². The van der Waals surface area contributed by atoms with Crippen LogP contribution in [0.2, 0.25) is 0 Å². The molecule has 0 saturated heterocycles. The number of carboxylic acids is 1. The number of aromatic carboxylic acids is 1. The quantitative estimate of drug-likeness (QED) is 0.575. The fourth-order valence-corrected chi connectivity index (χ4v) is 2.30. The van der Waals surface area contributed by atoms with Gasteiger partial charge in [-0.05, 0) is 58.1 Å². The smallest absolute Gasteiger partial charge is 0.337 e. The fraction of sp³-hybridized carbons (Fsp3) is 0.471. The van der Waals surface area contributed by atoms with E-state index in [1.807, 2.05) is 13.8 Å². The average Bonchev–Trinajstić information content (AvgIpc) is 2.39. The first-order valence-corrected chi connectivity index (χ1v) is 7.17. The molecule has 1 atom stereocenters. The lowest BCUT2D eigenvalue weighted by molar-refractivity contribution is 0.0126. The Morgan fingerprint density at radius 1 is 1.33 bits per heavy atom. The van der Waals surface area contributed by atoms with E-state index in [0.29, 0.717) is 11.6 Å². The topological polar surface area (TPSA) is 83.5 Å². The number of rotatable bonds is 2. The molecule has 1 aromatic rings. The molecule has 21 heavy (non-hydrogen) atoms. The van der Waals surface area contributed by atoms with Crippen molar-refractivity contribution in [2.75, 3.05) is 5.73 Å². The number of benzene rings is 1.